The third kappa shape index (κ3) is 4.09. The van der Waals surface area contributed by atoms with Crippen LogP contribution in [-0.2, 0) is 16.5 Å². The van der Waals surface area contributed by atoms with E-state index in [0.29, 0.717) is 0 Å². The molecular formula is C17H19BrO2. The minimum absolute atomic E-state index is 0.742. The van der Waals surface area contributed by atoms with E-state index in [1.54, 1.807) is 7.11 Å². The second-order valence-corrected chi connectivity index (χ2v) is 5.29. The lowest BCUT2D eigenvalue weighted by atomic mass is 10.1. The maximum Gasteiger partial charge on any atom is 0.131 e. The van der Waals surface area contributed by atoms with Crippen LogP contribution in [0.3, 0.4) is 0 Å². The van der Waals surface area contributed by atoms with Crippen molar-refractivity contribution >= 4 is 15.9 Å². The van der Waals surface area contributed by atoms with Crippen LogP contribution in [0.2, 0.25) is 0 Å². The number of hydrogen-bond acceptors (Lipinski definition) is 2. The largest absolute Gasteiger partial charge is 0.457 e. The lowest BCUT2D eigenvalue weighted by Gasteiger charge is -2.11. The summed E-state index contributed by atoms with van der Waals surface area (Å²) in [5.74, 6) is 1.76. The minimum atomic E-state index is 0.742. The van der Waals surface area contributed by atoms with Gasteiger partial charge in [-0.15, -0.1) is 0 Å². The van der Waals surface area contributed by atoms with Gasteiger partial charge in [0, 0.05) is 18.0 Å². The van der Waals surface area contributed by atoms with Crippen LogP contribution in [-0.4, -0.2) is 13.7 Å². The SMILES string of the molecule is COCCc1ccc(Oc2ccc(C)cc2CBr)cc1. The average molecular weight is 335 g/mol. The molecule has 0 aromatic heterocycles. The van der Waals surface area contributed by atoms with Gasteiger partial charge in [0.1, 0.15) is 11.5 Å². The van der Waals surface area contributed by atoms with Crippen LogP contribution in [0.15, 0.2) is 42.5 Å². The highest BCUT2D eigenvalue weighted by Gasteiger charge is 2.04. The Balaban J connectivity index is 2.10. The highest BCUT2D eigenvalue weighted by Crippen LogP contribution is 2.28. The Bertz CT molecular complexity index is 549. The first-order valence-corrected chi connectivity index (χ1v) is 7.76. The van der Waals surface area contributed by atoms with E-state index in [4.69, 9.17) is 9.47 Å². The third-order valence-corrected chi connectivity index (χ3v) is 3.71. The molecule has 2 aromatic rings. The van der Waals surface area contributed by atoms with Crippen LogP contribution < -0.4 is 4.74 Å². The van der Waals surface area contributed by atoms with Gasteiger partial charge in [0.05, 0.1) is 6.61 Å². The molecule has 20 heavy (non-hydrogen) atoms. The number of ether oxygens (including phenoxy) is 2. The van der Waals surface area contributed by atoms with Crippen LogP contribution in [0, 0.1) is 6.92 Å². The maximum absolute atomic E-state index is 5.95. The molecule has 0 aliphatic carbocycles. The zero-order chi connectivity index (χ0) is 14.4. The average Bonchev–Trinajstić information content (AvgIpc) is 2.48. The smallest absolute Gasteiger partial charge is 0.131 e. The summed E-state index contributed by atoms with van der Waals surface area (Å²) in [5, 5.41) is 0.788. The van der Waals surface area contributed by atoms with E-state index in [0.717, 1.165) is 35.4 Å². The van der Waals surface area contributed by atoms with Crippen LogP contribution in [0.25, 0.3) is 0 Å². The van der Waals surface area contributed by atoms with Gasteiger partial charge in [-0.05, 0) is 37.1 Å². The summed E-state index contributed by atoms with van der Waals surface area (Å²) in [4.78, 5) is 0. The first kappa shape index (κ1) is 15.1. The highest BCUT2D eigenvalue weighted by atomic mass is 79.9. The van der Waals surface area contributed by atoms with Gasteiger partial charge >= 0.3 is 0 Å². The van der Waals surface area contributed by atoms with Gasteiger partial charge in [0.15, 0.2) is 0 Å². The fourth-order valence-corrected chi connectivity index (χ4v) is 2.42. The molecule has 0 saturated carbocycles. The summed E-state index contributed by atoms with van der Waals surface area (Å²) in [5.41, 5.74) is 3.65. The van der Waals surface area contributed by atoms with Crippen molar-refractivity contribution in [2.24, 2.45) is 0 Å². The summed E-state index contributed by atoms with van der Waals surface area (Å²) in [6, 6.07) is 14.4. The predicted molar refractivity (Wildman–Crippen MR) is 85.9 cm³/mol. The molecule has 0 bridgehead atoms. The van der Waals surface area contributed by atoms with Crippen molar-refractivity contribution < 1.29 is 9.47 Å². The van der Waals surface area contributed by atoms with Gasteiger partial charge in [0.25, 0.3) is 0 Å². The Morgan fingerprint density at radius 3 is 2.45 bits per heavy atom. The molecule has 0 aliphatic rings. The molecule has 2 rings (SSSR count). The van der Waals surface area contributed by atoms with Gasteiger partial charge in [-0.3, -0.25) is 0 Å². The van der Waals surface area contributed by atoms with Crippen molar-refractivity contribution in [1.82, 2.24) is 0 Å². The summed E-state index contributed by atoms with van der Waals surface area (Å²) >= 11 is 3.50. The van der Waals surface area contributed by atoms with Gasteiger partial charge in [0.2, 0.25) is 0 Å². The molecule has 0 N–H and O–H groups in total. The summed E-state index contributed by atoms with van der Waals surface area (Å²) in [7, 11) is 1.72. The Morgan fingerprint density at radius 1 is 1.05 bits per heavy atom. The van der Waals surface area contributed by atoms with Crippen molar-refractivity contribution in [2.45, 2.75) is 18.7 Å². The van der Waals surface area contributed by atoms with Crippen molar-refractivity contribution in [3.8, 4) is 11.5 Å². The molecule has 0 atom stereocenters. The molecule has 0 spiro atoms. The number of methoxy groups -OCH3 is 1. The second-order valence-electron chi connectivity index (χ2n) is 4.73. The number of halogens is 1. The predicted octanol–water partition coefficient (Wildman–Crippen LogP) is 4.87. The van der Waals surface area contributed by atoms with Gasteiger partial charge in [-0.2, -0.15) is 0 Å². The molecule has 2 nitrogen and oxygen atoms in total. The molecule has 0 fully saturated rings. The van der Waals surface area contributed by atoms with E-state index >= 15 is 0 Å². The van der Waals surface area contributed by atoms with Crippen LogP contribution in [0.4, 0.5) is 0 Å². The van der Waals surface area contributed by atoms with Crippen LogP contribution in [0.1, 0.15) is 16.7 Å². The zero-order valence-corrected chi connectivity index (χ0v) is 13.4. The lowest BCUT2D eigenvalue weighted by Crippen LogP contribution is -1.94. The van der Waals surface area contributed by atoms with Crippen molar-refractivity contribution in [3.63, 3.8) is 0 Å². The third-order valence-electron chi connectivity index (χ3n) is 3.11. The fourth-order valence-electron chi connectivity index (χ4n) is 1.98. The Labute approximate surface area is 128 Å². The minimum Gasteiger partial charge on any atom is -0.457 e. The van der Waals surface area contributed by atoms with E-state index in [1.165, 1.54) is 11.1 Å². The molecule has 0 radical (unpaired) electrons. The number of hydrogen-bond donors (Lipinski definition) is 0. The topological polar surface area (TPSA) is 18.5 Å². The van der Waals surface area contributed by atoms with E-state index in [-0.39, 0.29) is 0 Å². The number of alkyl halides is 1. The monoisotopic (exact) mass is 334 g/mol. The zero-order valence-electron chi connectivity index (χ0n) is 11.9. The molecule has 106 valence electrons. The van der Waals surface area contributed by atoms with Crippen molar-refractivity contribution in [3.05, 3.63) is 59.2 Å². The first-order chi connectivity index (χ1) is 9.72. The van der Waals surface area contributed by atoms with Crippen molar-refractivity contribution in [1.29, 1.82) is 0 Å². The molecule has 0 saturated heterocycles. The van der Waals surface area contributed by atoms with Gasteiger partial charge in [-0.1, -0.05) is 45.8 Å². The van der Waals surface area contributed by atoms with E-state index in [2.05, 4.69) is 47.1 Å². The summed E-state index contributed by atoms with van der Waals surface area (Å²) in [6.45, 7) is 2.83. The van der Waals surface area contributed by atoms with Crippen LogP contribution in [0.5, 0.6) is 11.5 Å². The Kier molecular flexibility index (Phi) is 5.62. The molecule has 3 heteroatoms. The standard InChI is InChI=1S/C17H19BrO2/c1-13-3-8-17(15(11-13)12-18)20-16-6-4-14(5-7-16)9-10-19-2/h3-8,11H,9-10,12H2,1-2H3. The van der Waals surface area contributed by atoms with Crippen molar-refractivity contribution in [2.75, 3.05) is 13.7 Å². The van der Waals surface area contributed by atoms with E-state index in [1.807, 2.05) is 18.2 Å². The number of rotatable bonds is 6. The molecule has 0 aliphatic heterocycles. The maximum atomic E-state index is 5.95. The first-order valence-electron chi connectivity index (χ1n) is 6.64. The molecular weight excluding hydrogens is 316 g/mol. The molecule has 2 aromatic carbocycles. The van der Waals surface area contributed by atoms with Crippen LogP contribution >= 0.6 is 15.9 Å². The van der Waals surface area contributed by atoms with E-state index < -0.39 is 0 Å². The normalized spacial score (nSPS) is 10.6. The highest BCUT2D eigenvalue weighted by molar-refractivity contribution is 9.08. The van der Waals surface area contributed by atoms with E-state index in [9.17, 15) is 0 Å². The summed E-state index contributed by atoms with van der Waals surface area (Å²) < 4.78 is 11.0. The van der Waals surface area contributed by atoms with Gasteiger partial charge in [-0.25, -0.2) is 0 Å². The quantitative estimate of drug-likeness (QED) is 0.701. The Hall–Kier alpha value is -1.32. The molecule has 0 amide bonds. The fraction of sp³-hybridized carbons (Fsp3) is 0.294. The summed E-state index contributed by atoms with van der Waals surface area (Å²) in [6.07, 6.45) is 0.925. The molecule has 0 heterocycles. The number of benzene rings is 2. The number of aryl methyl sites for hydroxylation is 1. The lowest BCUT2D eigenvalue weighted by molar-refractivity contribution is 0.202. The van der Waals surface area contributed by atoms with Gasteiger partial charge < -0.3 is 9.47 Å². The molecule has 0 unspecified atom stereocenters. The second kappa shape index (κ2) is 7.46. The Morgan fingerprint density at radius 2 is 1.80 bits per heavy atom.